The number of rotatable bonds is 3. The number of pyridine rings is 1. The normalized spacial score (nSPS) is 11.6. The molecule has 3 rings (SSSR count). The van der Waals surface area contributed by atoms with Crippen LogP contribution in [0.4, 0.5) is 24.7 Å². The fourth-order valence-corrected chi connectivity index (χ4v) is 1.93. The Morgan fingerprint density at radius 3 is 2.76 bits per heavy atom. The Kier molecular flexibility index (Phi) is 3.17. The van der Waals surface area contributed by atoms with Crippen molar-refractivity contribution in [3.8, 4) is 5.88 Å². The van der Waals surface area contributed by atoms with E-state index in [1.165, 1.54) is 6.07 Å². The zero-order valence-electron chi connectivity index (χ0n) is 10.6. The first kappa shape index (κ1) is 13.3. The van der Waals surface area contributed by atoms with E-state index in [9.17, 15) is 13.2 Å². The van der Waals surface area contributed by atoms with Crippen molar-refractivity contribution in [3.05, 3.63) is 48.7 Å². The van der Waals surface area contributed by atoms with Gasteiger partial charge in [0.1, 0.15) is 5.82 Å². The number of hydrogen-bond donors (Lipinski definition) is 2. The molecular formula is C14H10F3N3O. The van der Waals surface area contributed by atoms with Gasteiger partial charge < -0.3 is 15.0 Å². The fourth-order valence-electron chi connectivity index (χ4n) is 1.93. The van der Waals surface area contributed by atoms with Crippen molar-refractivity contribution in [2.24, 2.45) is 0 Å². The van der Waals surface area contributed by atoms with Crippen LogP contribution in [-0.4, -0.2) is 16.3 Å². The second kappa shape index (κ2) is 5.01. The number of anilines is 2. The van der Waals surface area contributed by atoms with Crippen LogP contribution in [-0.2, 0) is 0 Å². The number of halogens is 3. The van der Waals surface area contributed by atoms with Crippen molar-refractivity contribution < 1.29 is 17.9 Å². The van der Waals surface area contributed by atoms with E-state index in [0.717, 1.165) is 17.0 Å². The molecule has 108 valence electrons. The van der Waals surface area contributed by atoms with Gasteiger partial charge in [0, 0.05) is 23.5 Å². The minimum atomic E-state index is -4.76. The van der Waals surface area contributed by atoms with E-state index in [4.69, 9.17) is 0 Å². The number of aromatic amines is 1. The Morgan fingerprint density at radius 1 is 1.10 bits per heavy atom. The van der Waals surface area contributed by atoms with Gasteiger partial charge in [0.25, 0.3) is 0 Å². The smallest absolute Gasteiger partial charge is 0.388 e. The highest BCUT2D eigenvalue weighted by molar-refractivity contribution is 5.83. The molecule has 21 heavy (non-hydrogen) atoms. The summed E-state index contributed by atoms with van der Waals surface area (Å²) in [6.45, 7) is 0. The maximum atomic E-state index is 12.2. The average Bonchev–Trinajstić information content (AvgIpc) is 2.84. The third-order valence-corrected chi connectivity index (χ3v) is 2.77. The van der Waals surface area contributed by atoms with Crippen molar-refractivity contribution in [1.29, 1.82) is 0 Å². The van der Waals surface area contributed by atoms with Crippen molar-refractivity contribution in [2.45, 2.75) is 6.36 Å². The number of alkyl halides is 3. The Balaban J connectivity index is 1.82. The highest BCUT2D eigenvalue weighted by Gasteiger charge is 2.31. The van der Waals surface area contributed by atoms with Crippen LogP contribution in [0.1, 0.15) is 0 Å². The lowest BCUT2D eigenvalue weighted by Crippen LogP contribution is -2.18. The Labute approximate surface area is 117 Å². The van der Waals surface area contributed by atoms with Gasteiger partial charge in [0.15, 0.2) is 0 Å². The SMILES string of the molecule is FC(F)(F)Oc1cccc(Nc2ccc3cc[nH]c3c2)n1. The van der Waals surface area contributed by atoms with Gasteiger partial charge in [-0.3, -0.25) is 0 Å². The molecule has 0 unspecified atom stereocenters. The van der Waals surface area contributed by atoms with Gasteiger partial charge >= 0.3 is 6.36 Å². The molecule has 0 bridgehead atoms. The zero-order chi connectivity index (χ0) is 14.9. The molecular weight excluding hydrogens is 283 g/mol. The highest BCUT2D eigenvalue weighted by Crippen LogP contribution is 2.24. The number of fused-ring (bicyclic) bond motifs is 1. The van der Waals surface area contributed by atoms with E-state index in [-0.39, 0.29) is 5.82 Å². The van der Waals surface area contributed by atoms with Gasteiger partial charge in [0.2, 0.25) is 5.88 Å². The van der Waals surface area contributed by atoms with Gasteiger partial charge in [-0.2, -0.15) is 4.98 Å². The number of benzene rings is 1. The number of nitrogens with zero attached hydrogens (tertiary/aromatic N) is 1. The molecule has 0 saturated carbocycles. The summed E-state index contributed by atoms with van der Waals surface area (Å²) in [5.74, 6) is -0.240. The molecule has 0 fully saturated rings. The van der Waals surface area contributed by atoms with E-state index in [1.807, 2.05) is 30.5 Å². The summed E-state index contributed by atoms with van der Waals surface area (Å²) < 4.78 is 40.2. The molecule has 0 aliphatic rings. The first-order valence-electron chi connectivity index (χ1n) is 6.07. The van der Waals surface area contributed by atoms with Crippen LogP contribution in [0, 0.1) is 0 Å². The molecule has 0 aliphatic carbocycles. The van der Waals surface area contributed by atoms with Crippen LogP contribution < -0.4 is 10.1 Å². The Morgan fingerprint density at radius 2 is 1.95 bits per heavy atom. The van der Waals surface area contributed by atoms with E-state index >= 15 is 0 Å². The molecule has 0 radical (unpaired) electrons. The topological polar surface area (TPSA) is 49.9 Å². The minimum Gasteiger partial charge on any atom is -0.388 e. The summed E-state index contributed by atoms with van der Waals surface area (Å²) in [5, 5.41) is 3.98. The predicted octanol–water partition coefficient (Wildman–Crippen LogP) is 4.21. The summed E-state index contributed by atoms with van der Waals surface area (Å²) in [5.41, 5.74) is 1.63. The van der Waals surface area contributed by atoms with E-state index < -0.39 is 12.2 Å². The third kappa shape index (κ3) is 3.25. The van der Waals surface area contributed by atoms with Gasteiger partial charge in [0.05, 0.1) is 0 Å². The van der Waals surface area contributed by atoms with Crippen LogP contribution in [0.2, 0.25) is 0 Å². The molecule has 7 heteroatoms. The maximum Gasteiger partial charge on any atom is 0.574 e. The zero-order valence-corrected chi connectivity index (χ0v) is 10.6. The van der Waals surface area contributed by atoms with Crippen LogP contribution in [0.3, 0.4) is 0 Å². The molecule has 2 N–H and O–H groups in total. The summed E-state index contributed by atoms with van der Waals surface area (Å²) in [4.78, 5) is 6.81. The van der Waals surface area contributed by atoms with Crippen molar-refractivity contribution in [3.63, 3.8) is 0 Å². The largest absolute Gasteiger partial charge is 0.574 e. The highest BCUT2D eigenvalue weighted by atomic mass is 19.4. The van der Waals surface area contributed by atoms with Crippen molar-refractivity contribution >= 4 is 22.4 Å². The van der Waals surface area contributed by atoms with E-state index in [1.54, 1.807) is 6.07 Å². The van der Waals surface area contributed by atoms with Crippen molar-refractivity contribution in [2.75, 3.05) is 5.32 Å². The second-order valence-electron chi connectivity index (χ2n) is 4.31. The maximum absolute atomic E-state index is 12.2. The third-order valence-electron chi connectivity index (χ3n) is 2.77. The van der Waals surface area contributed by atoms with E-state index in [2.05, 4.69) is 20.0 Å². The number of H-pyrrole nitrogens is 1. The molecule has 4 nitrogen and oxygen atoms in total. The van der Waals surface area contributed by atoms with Crippen LogP contribution in [0.15, 0.2) is 48.7 Å². The standard InChI is InChI=1S/C14H10F3N3O/c15-14(16,17)21-13-3-1-2-12(20-13)19-10-5-4-9-6-7-18-11(9)8-10/h1-8,18H,(H,19,20). The monoisotopic (exact) mass is 293 g/mol. The predicted molar refractivity (Wildman–Crippen MR) is 72.5 cm³/mol. The quantitative estimate of drug-likeness (QED) is 0.760. The molecule has 0 amide bonds. The van der Waals surface area contributed by atoms with Crippen LogP contribution >= 0.6 is 0 Å². The molecule has 0 aliphatic heterocycles. The number of ether oxygens (including phenoxy) is 1. The van der Waals surface area contributed by atoms with Gasteiger partial charge in [-0.05, 0) is 29.7 Å². The summed E-state index contributed by atoms with van der Waals surface area (Å²) in [7, 11) is 0. The van der Waals surface area contributed by atoms with E-state index in [0.29, 0.717) is 5.69 Å². The molecule has 2 heterocycles. The molecule has 3 aromatic rings. The number of aromatic nitrogens is 2. The molecule has 0 atom stereocenters. The van der Waals surface area contributed by atoms with Crippen LogP contribution in [0.5, 0.6) is 5.88 Å². The van der Waals surface area contributed by atoms with Gasteiger partial charge in [-0.15, -0.1) is 13.2 Å². The average molecular weight is 293 g/mol. The molecule has 0 saturated heterocycles. The lowest BCUT2D eigenvalue weighted by molar-refractivity contribution is -0.276. The van der Waals surface area contributed by atoms with Gasteiger partial charge in [-0.25, -0.2) is 0 Å². The number of nitrogens with one attached hydrogen (secondary N) is 2. The van der Waals surface area contributed by atoms with Crippen molar-refractivity contribution in [1.82, 2.24) is 9.97 Å². The summed E-state index contributed by atoms with van der Waals surface area (Å²) >= 11 is 0. The second-order valence-corrected chi connectivity index (χ2v) is 4.31. The fraction of sp³-hybridized carbons (Fsp3) is 0.0714. The molecule has 2 aromatic heterocycles. The lowest BCUT2D eigenvalue weighted by Gasteiger charge is -2.10. The van der Waals surface area contributed by atoms with Gasteiger partial charge in [-0.1, -0.05) is 12.1 Å². The lowest BCUT2D eigenvalue weighted by atomic mass is 10.2. The molecule has 1 aromatic carbocycles. The first-order valence-corrected chi connectivity index (χ1v) is 6.07. The minimum absolute atomic E-state index is 0.266. The Hall–Kier alpha value is -2.70. The van der Waals surface area contributed by atoms with Crippen LogP contribution in [0.25, 0.3) is 10.9 Å². The summed E-state index contributed by atoms with van der Waals surface area (Å²) in [6.07, 6.45) is -2.95. The first-order chi connectivity index (χ1) is 9.99. The Bertz CT molecular complexity index is 767. The summed E-state index contributed by atoms with van der Waals surface area (Å²) in [6, 6.07) is 11.6. The molecule has 0 spiro atoms. The number of hydrogen-bond acceptors (Lipinski definition) is 3.